The van der Waals surface area contributed by atoms with Gasteiger partial charge in [0.25, 0.3) is 11.8 Å². The van der Waals surface area contributed by atoms with Crippen LogP contribution in [0.1, 0.15) is 61.6 Å². The minimum atomic E-state index is -1.25. The van der Waals surface area contributed by atoms with Crippen molar-refractivity contribution in [1.82, 2.24) is 20.1 Å². The first-order chi connectivity index (χ1) is 20.8. The molecule has 0 radical (unpaired) electrons. The van der Waals surface area contributed by atoms with E-state index in [0.717, 1.165) is 5.56 Å². The summed E-state index contributed by atoms with van der Waals surface area (Å²) >= 11 is 0. The van der Waals surface area contributed by atoms with E-state index in [2.05, 4.69) is 16.4 Å². The number of Topliss-reactive ketones (excluding diaryl/α,β-unsaturated/α-hetero) is 1. The molecule has 2 saturated heterocycles. The van der Waals surface area contributed by atoms with Crippen LogP contribution in [-0.2, 0) is 6.54 Å². The number of carbonyl (C=O) groups is 3. The summed E-state index contributed by atoms with van der Waals surface area (Å²) in [4.78, 5) is 46.7. The number of benzene rings is 2. The lowest BCUT2D eigenvalue weighted by Gasteiger charge is -2.35. The van der Waals surface area contributed by atoms with Crippen molar-refractivity contribution in [2.75, 3.05) is 33.3 Å². The molecule has 222 valence electrons. The topological polar surface area (TPSA) is 116 Å². The SMILES string of the molecule is COc1ccc(C(=O)C2CCN(C(=O)c3ccc(C(=O)N[C@@H]4CCN(Cc5cccc(C#N)c5)CC4F)cn3)CC2)cc1. The highest BCUT2D eigenvalue weighted by atomic mass is 19.1. The van der Waals surface area contributed by atoms with Crippen LogP contribution in [0, 0.1) is 17.2 Å². The van der Waals surface area contributed by atoms with Gasteiger partial charge in [-0.05, 0) is 73.4 Å². The molecule has 2 aliphatic rings. The van der Waals surface area contributed by atoms with Crippen molar-refractivity contribution in [3.63, 3.8) is 0 Å². The lowest BCUT2D eigenvalue weighted by molar-refractivity contribution is 0.0645. The van der Waals surface area contributed by atoms with Crippen LogP contribution in [0.5, 0.6) is 5.75 Å². The number of ketones is 1. The number of carbonyl (C=O) groups excluding carboxylic acids is 3. The molecule has 0 aliphatic carbocycles. The molecule has 2 amide bonds. The van der Waals surface area contributed by atoms with E-state index in [1.165, 1.54) is 18.3 Å². The number of hydrogen-bond donors (Lipinski definition) is 1. The Balaban J connectivity index is 1.09. The smallest absolute Gasteiger partial charge is 0.272 e. The van der Waals surface area contributed by atoms with Gasteiger partial charge in [0, 0.05) is 50.4 Å². The van der Waals surface area contributed by atoms with Gasteiger partial charge in [0.05, 0.1) is 30.3 Å². The van der Waals surface area contributed by atoms with E-state index in [1.807, 2.05) is 17.0 Å². The average molecular weight is 584 g/mol. The number of aromatic nitrogens is 1. The Morgan fingerprint density at radius 2 is 1.77 bits per heavy atom. The van der Waals surface area contributed by atoms with Crippen LogP contribution >= 0.6 is 0 Å². The predicted molar refractivity (Wildman–Crippen MR) is 157 cm³/mol. The average Bonchev–Trinajstić information content (AvgIpc) is 3.05. The molecule has 10 heteroatoms. The molecule has 1 unspecified atom stereocenters. The largest absolute Gasteiger partial charge is 0.497 e. The van der Waals surface area contributed by atoms with E-state index in [4.69, 9.17) is 10.00 Å². The second kappa shape index (κ2) is 13.6. The van der Waals surface area contributed by atoms with Gasteiger partial charge in [-0.15, -0.1) is 0 Å². The number of amides is 2. The fraction of sp³-hybridized carbons (Fsp3) is 0.364. The zero-order chi connectivity index (χ0) is 30.3. The number of alkyl halides is 1. The number of methoxy groups -OCH3 is 1. The molecule has 1 N–H and O–H groups in total. The maximum absolute atomic E-state index is 15.0. The highest BCUT2D eigenvalue weighted by molar-refractivity contribution is 5.99. The monoisotopic (exact) mass is 583 g/mol. The number of nitrogens with one attached hydrogen (secondary N) is 1. The first-order valence-electron chi connectivity index (χ1n) is 14.4. The fourth-order valence-electron chi connectivity index (χ4n) is 5.68. The molecule has 9 nitrogen and oxygen atoms in total. The number of rotatable bonds is 8. The van der Waals surface area contributed by atoms with E-state index in [-0.39, 0.29) is 35.4 Å². The van der Waals surface area contributed by atoms with E-state index in [0.29, 0.717) is 62.3 Å². The normalized spacial score (nSPS) is 19.3. The molecule has 2 fully saturated rings. The molecule has 0 bridgehead atoms. The van der Waals surface area contributed by atoms with Gasteiger partial charge < -0.3 is 15.0 Å². The van der Waals surface area contributed by atoms with Gasteiger partial charge in [-0.1, -0.05) is 12.1 Å². The minimum Gasteiger partial charge on any atom is -0.497 e. The number of nitrogens with zero attached hydrogens (tertiary/aromatic N) is 4. The van der Waals surface area contributed by atoms with Crippen LogP contribution < -0.4 is 10.1 Å². The van der Waals surface area contributed by atoms with Crippen molar-refractivity contribution in [3.8, 4) is 11.8 Å². The summed E-state index contributed by atoms with van der Waals surface area (Å²) in [6.07, 6.45) is 1.67. The van der Waals surface area contributed by atoms with Crippen molar-refractivity contribution < 1.29 is 23.5 Å². The fourth-order valence-corrected chi connectivity index (χ4v) is 5.68. The quantitative estimate of drug-likeness (QED) is 0.398. The van der Waals surface area contributed by atoms with Gasteiger partial charge in [0.2, 0.25) is 0 Å². The van der Waals surface area contributed by atoms with E-state index < -0.39 is 18.1 Å². The number of ether oxygens (including phenoxy) is 1. The highest BCUT2D eigenvalue weighted by Crippen LogP contribution is 2.24. The van der Waals surface area contributed by atoms with Gasteiger partial charge in [0.15, 0.2) is 5.78 Å². The molecular formula is C33H34FN5O4. The predicted octanol–water partition coefficient (Wildman–Crippen LogP) is 4.04. The van der Waals surface area contributed by atoms with Gasteiger partial charge in [-0.3, -0.25) is 24.3 Å². The Kier molecular flexibility index (Phi) is 9.42. The first kappa shape index (κ1) is 29.9. The molecule has 0 saturated carbocycles. The van der Waals surface area contributed by atoms with E-state index in [1.54, 1.807) is 48.4 Å². The van der Waals surface area contributed by atoms with Crippen molar-refractivity contribution in [2.24, 2.45) is 5.92 Å². The maximum atomic E-state index is 15.0. The summed E-state index contributed by atoms with van der Waals surface area (Å²) in [5.41, 5.74) is 2.62. The summed E-state index contributed by atoms with van der Waals surface area (Å²) in [7, 11) is 1.58. The van der Waals surface area contributed by atoms with Crippen LogP contribution in [-0.4, -0.2) is 77.9 Å². The Morgan fingerprint density at radius 1 is 1.02 bits per heavy atom. The van der Waals surface area contributed by atoms with Gasteiger partial charge in [0.1, 0.15) is 17.6 Å². The zero-order valence-corrected chi connectivity index (χ0v) is 24.0. The van der Waals surface area contributed by atoms with E-state index in [9.17, 15) is 14.4 Å². The first-order valence-corrected chi connectivity index (χ1v) is 14.4. The number of likely N-dealkylation sites (tertiary alicyclic amines) is 2. The van der Waals surface area contributed by atoms with Crippen LogP contribution in [0.4, 0.5) is 4.39 Å². The maximum Gasteiger partial charge on any atom is 0.272 e. The number of pyridine rings is 1. The van der Waals surface area contributed by atoms with Crippen LogP contribution in [0.15, 0.2) is 66.9 Å². The van der Waals surface area contributed by atoms with Crippen molar-refractivity contribution in [2.45, 2.75) is 38.0 Å². The molecule has 3 heterocycles. The number of nitriles is 1. The summed E-state index contributed by atoms with van der Waals surface area (Å²) in [5.74, 6) is -0.0880. The second-order valence-corrected chi connectivity index (χ2v) is 11.0. The third-order valence-electron chi connectivity index (χ3n) is 8.18. The van der Waals surface area contributed by atoms with Crippen molar-refractivity contribution in [1.29, 1.82) is 5.26 Å². The third kappa shape index (κ3) is 7.24. The van der Waals surface area contributed by atoms with Crippen molar-refractivity contribution in [3.05, 3.63) is 94.8 Å². The lowest BCUT2D eigenvalue weighted by atomic mass is 9.88. The number of halogens is 1. The molecule has 2 aromatic carbocycles. The number of piperidine rings is 2. The zero-order valence-electron chi connectivity index (χ0n) is 24.0. The van der Waals surface area contributed by atoms with Gasteiger partial charge in [-0.2, -0.15) is 5.26 Å². The van der Waals surface area contributed by atoms with Crippen LogP contribution in [0.25, 0.3) is 0 Å². The van der Waals surface area contributed by atoms with E-state index >= 15 is 4.39 Å². The van der Waals surface area contributed by atoms with Gasteiger partial charge >= 0.3 is 0 Å². The molecule has 5 rings (SSSR count). The molecule has 43 heavy (non-hydrogen) atoms. The summed E-state index contributed by atoms with van der Waals surface area (Å²) < 4.78 is 20.2. The Morgan fingerprint density at radius 3 is 2.42 bits per heavy atom. The Labute approximate surface area is 250 Å². The standard InChI is InChI=1S/C33H34FN5O4/c1-43-27-8-5-24(6-9-27)31(40)25-11-15-39(16-12-25)33(42)30-10-7-26(19-36-30)32(41)37-29-13-14-38(21-28(29)34)20-23-4-2-3-22(17-23)18-35/h2-10,17,19,25,28-29H,11-16,20-21H2,1H3,(H,37,41)/t28?,29-/m1/s1. The summed E-state index contributed by atoms with van der Waals surface area (Å²) in [5, 5.41) is 11.9. The molecule has 2 atom stereocenters. The molecule has 1 aromatic heterocycles. The Hall–Kier alpha value is -4.62. The summed E-state index contributed by atoms with van der Waals surface area (Å²) in [6, 6.07) is 18.8. The van der Waals surface area contributed by atoms with Gasteiger partial charge in [-0.25, -0.2) is 4.39 Å². The van der Waals surface area contributed by atoms with Crippen LogP contribution in [0.2, 0.25) is 0 Å². The summed E-state index contributed by atoms with van der Waals surface area (Å²) in [6.45, 7) is 2.20. The molecular weight excluding hydrogens is 549 g/mol. The van der Waals surface area contributed by atoms with Crippen LogP contribution in [0.3, 0.4) is 0 Å². The highest BCUT2D eigenvalue weighted by Gasteiger charge is 2.31. The number of hydrogen-bond acceptors (Lipinski definition) is 7. The Bertz CT molecular complexity index is 1500. The molecule has 3 aromatic rings. The molecule has 0 spiro atoms. The van der Waals surface area contributed by atoms with Crippen molar-refractivity contribution >= 4 is 17.6 Å². The lowest BCUT2D eigenvalue weighted by Crippen LogP contribution is -2.52. The minimum absolute atomic E-state index is 0.0646. The third-order valence-corrected chi connectivity index (χ3v) is 8.18. The molecule has 2 aliphatic heterocycles. The second-order valence-electron chi connectivity index (χ2n) is 11.0.